The Hall–Kier alpha value is 0.120. The molecule has 1 fully saturated rings. The number of aliphatic hydroxyl groups is 4. The highest BCUT2D eigenvalue weighted by molar-refractivity contribution is 7.81. The van der Waals surface area contributed by atoms with Crippen LogP contribution in [0.4, 0.5) is 4.39 Å². The van der Waals surface area contributed by atoms with E-state index in [-0.39, 0.29) is 0 Å². The van der Waals surface area contributed by atoms with Gasteiger partial charge in [0.2, 0.25) is 0 Å². The van der Waals surface area contributed by atoms with Crippen LogP contribution in [0.2, 0.25) is 0 Å². The molecule has 6 heteroatoms. The summed E-state index contributed by atoms with van der Waals surface area (Å²) in [5.41, 5.74) is 0. The highest BCUT2D eigenvalue weighted by atomic mass is 32.1. The molecule has 72 valence electrons. The normalized spacial score (nSPS) is 55.5. The third kappa shape index (κ3) is 1.45. The first-order valence-electron chi connectivity index (χ1n) is 3.51. The van der Waals surface area contributed by atoms with E-state index in [0.717, 1.165) is 0 Å². The van der Waals surface area contributed by atoms with Gasteiger partial charge in [-0.2, -0.15) is 12.6 Å². The average Bonchev–Trinajstić information content (AvgIpc) is 2.08. The summed E-state index contributed by atoms with van der Waals surface area (Å²) in [6, 6.07) is 0. The summed E-state index contributed by atoms with van der Waals surface area (Å²) in [5.74, 6) is 0. The van der Waals surface area contributed by atoms with Gasteiger partial charge in [-0.15, -0.1) is 0 Å². The SMILES string of the molecule is O[C@H]1[C@H](O)[C@H](O)C(S)C(F)[C@H]1O. The molecule has 0 aromatic carbocycles. The van der Waals surface area contributed by atoms with Gasteiger partial charge in [-0.3, -0.25) is 0 Å². The van der Waals surface area contributed by atoms with Crippen LogP contribution in [0.3, 0.4) is 0 Å². The van der Waals surface area contributed by atoms with Crippen LogP contribution in [0.5, 0.6) is 0 Å². The lowest BCUT2D eigenvalue weighted by Gasteiger charge is -2.38. The Bertz CT molecular complexity index is 111. The van der Waals surface area contributed by atoms with Gasteiger partial charge >= 0.3 is 0 Å². The predicted molar refractivity (Wildman–Crippen MR) is 41.7 cm³/mol. The van der Waals surface area contributed by atoms with Crippen LogP contribution in [-0.2, 0) is 0 Å². The average molecular weight is 198 g/mol. The molecule has 6 atom stereocenters. The van der Waals surface area contributed by atoms with Crippen molar-refractivity contribution in [3.63, 3.8) is 0 Å². The van der Waals surface area contributed by atoms with E-state index in [4.69, 9.17) is 20.4 Å². The molecule has 12 heavy (non-hydrogen) atoms. The lowest BCUT2D eigenvalue weighted by atomic mass is 9.88. The summed E-state index contributed by atoms with van der Waals surface area (Å²) in [6.07, 6.45) is -8.18. The van der Waals surface area contributed by atoms with E-state index in [1.165, 1.54) is 0 Å². The number of rotatable bonds is 0. The van der Waals surface area contributed by atoms with E-state index in [1.807, 2.05) is 0 Å². The Morgan fingerprint density at radius 3 is 1.75 bits per heavy atom. The molecule has 0 heterocycles. The second-order valence-electron chi connectivity index (χ2n) is 2.90. The molecular formula is C6H11FO4S. The minimum Gasteiger partial charge on any atom is -0.389 e. The van der Waals surface area contributed by atoms with Crippen molar-refractivity contribution < 1.29 is 24.8 Å². The van der Waals surface area contributed by atoms with Crippen LogP contribution >= 0.6 is 12.6 Å². The first kappa shape index (κ1) is 10.2. The number of thiol groups is 1. The summed E-state index contributed by atoms with van der Waals surface area (Å²) in [7, 11) is 0. The smallest absolute Gasteiger partial charge is 0.143 e. The van der Waals surface area contributed by atoms with Crippen molar-refractivity contribution in [3.8, 4) is 0 Å². The molecule has 0 aliphatic heterocycles. The van der Waals surface area contributed by atoms with Gasteiger partial charge in [0.05, 0.1) is 11.4 Å². The molecule has 0 aromatic rings. The molecule has 0 saturated heterocycles. The van der Waals surface area contributed by atoms with Gasteiger partial charge in [0.25, 0.3) is 0 Å². The van der Waals surface area contributed by atoms with Crippen molar-refractivity contribution >= 4 is 12.6 Å². The summed E-state index contributed by atoms with van der Waals surface area (Å²) in [4.78, 5) is 0. The molecule has 0 radical (unpaired) electrons. The van der Waals surface area contributed by atoms with Gasteiger partial charge in [-0.05, 0) is 0 Å². The Balaban J connectivity index is 2.76. The number of hydrogen-bond donors (Lipinski definition) is 5. The third-order valence-electron chi connectivity index (χ3n) is 2.05. The maximum atomic E-state index is 12.9. The van der Waals surface area contributed by atoms with Gasteiger partial charge < -0.3 is 20.4 Å². The van der Waals surface area contributed by atoms with Crippen molar-refractivity contribution in [1.82, 2.24) is 0 Å². The van der Waals surface area contributed by atoms with Gasteiger partial charge in [-0.25, -0.2) is 4.39 Å². The van der Waals surface area contributed by atoms with Gasteiger partial charge in [0.1, 0.15) is 24.5 Å². The van der Waals surface area contributed by atoms with Crippen molar-refractivity contribution in [2.24, 2.45) is 0 Å². The molecule has 0 aromatic heterocycles. The molecule has 0 bridgehead atoms. The molecule has 2 unspecified atom stereocenters. The van der Waals surface area contributed by atoms with Crippen molar-refractivity contribution in [2.75, 3.05) is 0 Å². The largest absolute Gasteiger partial charge is 0.389 e. The zero-order chi connectivity index (χ0) is 9.46. The number of halogens is 1. The van der Waals surface area contributed by atoms with Crippen LogP contribution in [0.1, 0.15) is 0 Å². The summed E-state index contributed by atoms with van der Waals surface area (Å²) < 4.78 is 12.9. The molecule has 4 N–H and O–H groups in total. The van der Waals surface area contributed by atoms with Gasteiger partial charge in [-0.1, -0.05) is 0 Å². The zero-order valence-corrected chi connectivity index (χ0v) is 6.97. The van der Waals surface area contributed by atoms with Crippen molar-refractivity contribution in [3.05, 3.63) is 0 Å². The fourth-order valence-electron chi connectivity index (χ4n) is 1.18. The second-order valence-corrected chi connectivity index (χ2v) is 3.49. The van der Waals surface area contributed by atoms with E-state index in [9.17, 15) is 4.39 Å². The molecule has 1 saturated carbocycles. The Morgan fingerprint density at radius 1 is 0.833 bits per heavy atom. The fourth-order valence-corrected chi connectivity index (χ4v) is 1.54. The summed E-state index contributed by atoms with van der Waals surface area (Å²) in [6.45, 7) is 0. The lowest BCUT2D eigenvalue weighted by Crippen LogP contribution is -2.60. The molecule has 1 aliphatic rings. The fraction of sp³-hybridized carbons (Fsp3) is 1.00. The van der Waals surface area contributed by atoms with E-state index in [1.54, 1.807) is 0 Å². The monoisotopic (exact) mass is 198 g/mol. The number of alkyl halides is 1. The van der Waals surface area contributed by atoms with Gasteiger partial charge in [0, 0.05) is 0 Å². The zero-order valence-electron chi connectivity index (χ0n) is 6.08. The van der Waals surface area contributed by atoms with Crippen LogP contribution in [0, 0.1) is 0 Å². The lowest BCUT2D eigenvalue weighted by molar-refractivity contribution is -0.157. The van der Waals surface area contributed by atoms with Crippen LogP contribution in [0.15, 0.2) is 0 Å². The molecule has 1 rings (SSSR count). The maximum Gasteiger partial charge on any atom is 0.143 e. The molecule has 4 nitrogen and oxygen atoms in total. The van der Waals surface area contributed by atoms with Crippen LogP contribution < -0.4 is 0 Å². The summed E-state index contributed by atoms with van der Waals surface area (Å²) >= 11 is 3.65. The van der Waals surface area contributed by atoms with E-state index < -0.39 is 35.8 Å². The standard InChI is InChI=1S/C6H11FO4S/c7-1-2(8)3(9)4(10)5(11)6(1)12/h1-6,8-12H/t1?,2-,3-,4+,5+,6?/m1/s1. The quantitative estimate of drug-likeness (QED) is 0.294. The first-order valence-corrected chi connectivity index (χ1v) is 4.03. The number of aliphatic hydroxyl groups excluding tert-OH is 4. The Labute approximate surface area is 74.1 Å². The van der Waals surface area contributed by atoms with E-state index in [2.05, 4.69) is 12.6 Å². The number of hydrogen-bond acceptors (Lipinski definition) is 5. The van der Waals surface area contributed by atoms with Gasteiger partial charge in [0.15, 0.2) is 0 Å². The highest BCUT2D eigenvalue weighted by Gasteiger charge is 2.47. The molecule has 0 spiro atoms. The summed E-state index contributed by atoms with van der Waals surface area (Å²) in [5, 5.41) is 34.9. The molecule has 0 amide bonds. The van der Waals surface area contributed by atoms with E-state index >= 15 is 0 Å². The van der Waals surface area contributed by atoms with Crippen molar-refractivity contribution in [2.45, 2.75) is 35.8 Å². The van der Waals surface area contributed by atoms with Crippen molar-refractivity contribution in [1.29, 1.82) is 0 Å². The van der Waals surface area contributed by atoms with Crippen LogP contribution in [0.25, 0.3) is 0 Å². The third-order valence-corrected chi connectivity index (χ3v) is 2.64. The highest BCUT2D eigenvalue weighted by Crippen LogP contribution is 2.27. The Morgan fingerprint density at radius 2 is 1.25 bits per heavy atom. The van der Waals surface area contributed by atoms with E-state index in [0.29, 0.717) is 0 Å². The maximum absolute atomic E-state index is 12.9. The molecular weight excluding hydrogens is 187 g/mol. The molecule has 1 aliphatic carbocycles. The Kier molecular flexibility index (Phi) is 2.95. The minimum atomic E-state index is -1.83. The predicted octanol–water partition coefficient (Wildman–Crippen LogP) is -1.92. The second kappa shape index (κ2) is 3.47. The minimum absolute atomic E-state index is 1.17. The topological polar surface area (TPSA) is 80.9 Å². The first-order chi connectivity index (χ1) is 5.46. The van der Waals surface area contributed by atoms with Crippen LogP contribution in [-0.4, -0.2) is 56.3 Å².